The van der Waals surface area contributed by atoms with Crippen LogP contribution < -0.4 is 15.8 Å². The fourth-order valence-electron chi connectivity index (χ4n) is 3.14. The van der Waals surface area contributed by atoms with E-state index >= 15 is 0 Å². The summed E-state index contributed by atoms with van der Waals surface area (Å²) >= 11 is 1.33. The van der Waals surface area contributed by atoms with Crippen molar-refractivity contribution in [3.63, 3.8) is 0 Å². The first-order valence-corrected chi connectivity index (χ1v) is 9.24. The topological polar surface area (TPSA) is 77.2 Å². The number of halogens is 3. The highest BCUT2D eigenvalue weighted by atomic mass is 35.5. The van der Waals surface area contributed by atoms with Crippen LogP contribution >= 0.6 is 36.2 Å². The summed E-state index contributed by atoms with van der Waals surface area (Å²) in [5.41, 5.74) is 6.47. The zero-order valence-corrected chi connectivity index (χ0v) is 17.4. The molecule has 0 radical (unpaired) electrons. The summed E-state index contributed by atoms with van der Waals surface area (Å²) in [6, 6.07) is 5.97. The Bertz CT molecular complexity index is 743. The maximum absolute atomic E-state index is 12.9. The van der Waals surface area contributed by atoms with E-state index in [1.165, 1.54) is 23.5 Å². The van der Waals surface area contributed by atoms with Gasteiger partial charge in [0.1, 0.15) is 28.1 Å². The zero-order valence-electron chi connectivity index (χ0n) is 14.9. The number of nitrogens with two attached hydrogens (primary N) is 1. The quantitative estimate of drug-likeness (QED) is 0.721. The number of aryl methyl sites for hydroxylation is 1. The molecule has 3 rings (SSSR count). The third kappa shape index (κ3) is 6.04. The highest BCUT2D eigenvalue weighted by Gasteiger charge is 2.28. The van der Waals surface area contributed by atoms with Crippen LogP contribution in [0.15, 0.2) is 24.3 Å². The molecule has 0 spiro atoms. The van der Waals surface area contributed by atoms with Crippen LogP contribution in [0.2, 0.25) is 0 Å². The van der Waals surface area contributed by atoms with Crippen molar-refractivity contribution < 1.29 is 13.9 Å². The minimum atomic E-state index is -0.306. The molecule has 1 aromatic heterocycles. The third-order valence-electron chi connectivity index (χ3n) is 4.50. The highest BCUT2D eigenvalue weighted by molar-refractivity contribution is 7.13. The summed E-state index contributed by atoms with van der Waals surface area (Å²) in [7, 11) is 0. The van der Waals surface area contributed by atoms with Gasteiger partial charge in [-0.25, -0.2) is 9.37 Å². The maximum Gasteiger partial charge on any atom is 0.263 e. The number of thiazole rings is 1. The van der Waals surface area contributed by atoms with Crippen molar-refractivity contribution in [2.45, 2.75) is 38.8 Å². The van der Waals surface area contributed by atoms with Crippen molar-refractivity contribution >= 4 is 42.1 Å². The van der Waals surface area contributed by atoms with Gasteiger partial charge in [-0.2, -0.15) is 0 Å². The average molecular weight is 436 g/mol. The Hall–Kier alpha value is -1.41. The number of hydrogen-bond acceptors (Lipinski definition) is 5. The number of carbonyl (C=O) groups excluding carboxylic acids is 1. The molecular weight excluding hydrogens is 412 g/mol. The molecule has 1 aliphatic rings. The summed E-state index contributed by atoms with van der Waals surface area (Å²) < 4.78 is 18.5. The molecule has 150 valence electrons. The Kier molecular flexibility index (Phi) is 9.45. The number of rotatable bonds is 6. The van der Waals surface area contributed by atoms with Crippen LogP contribution in [0.4, 0.5) is 4.39 Å². The molecule has 2 aromatic rings. The van der Waals surface area contributed by atoms with E-state index < -0.39 is 0 Å². The first kappa shape index (κ1) is 23.6. The van der Waals surface area contributed by atoms with Gasteiger partial charge in [0.15, 0.2) is 0 Å². The number of aromatic nitrogens is 1. The Morgan fingerprint density at radius 1 is 1.33 bits per heavy atom. The van der Waals surface area contributed by atoms with Crippen molar-refractivity contribution in [2.75, 3.05) is 6.54 Å². The number of benzene rings is 1. The minimum absolute atomic E-state index is 0. The van der Waals surface area contributed by atoms with Crippen molar-refractivity contribution in [3.8, 4) is 5.75 Å². The predicted octanol–water partition coefficient (Wildman–Crippen LogP) is 3.87. The molecule has 1 saturated carbocycles. The van der Waals surface area contributed by atoms with Gasteiger partial charge in [-0.3, -0.25) is 4.79 Å². The molecule has 0 bridgehead atoms. The first-order chi connectivity index (χ1) is 12.1. The molecule has 5 nitrogen and oxygen atoms in total. The number of amides is 1. The molecule has 0 saturated heterocycles. The molecule has 1 amide bonds. The summed E-state index contributed by atoms with van der Waals surface area (Å²) in [6.07, 6.45) is 3.15. The monoisotopic (exact) mass is 435 g/mol. The van der Waals surface area contributed by atoms with E-state index in [-0.39, 0.29) is 49.2 Å². The number of carbonyl (C=O) groups is 1. The van der Waals surface area contributed by atoms with Crippen LogP contribution in [0, 0.1) is 18.7 Å². The standard InChI is InChI=1S/C18H22FN3O2S.2ClH/c1-11-17(18(23)22-15-4-2-3-12(15)9-20)25-16(21-11)10-24-14-7-5-13(19)6-8-14;;/h5-8,12,15H,2-4,9-10,20H2,1H3,(H,22,23);2*1H. The van der Waals surface area contributed by atoms with E-state index in [4.69, 9.17) is 10.5 Å². The van der Waals surface area contributed by atoms with Crippen LogP contribution in [-0.2, 0) is 6.61 Å². The fraction of sp³-hybridized carbons (Fsp3) is 0.444. The lowest BCUT2D eigenvalue weighted by molar-refractivity contribution is 0.0932. The van der Waals surface area contributed by atoms with Gasteiger partial charge < -0.3 is 15.8 Å². The van der Waals surface area contributed by atoms with Gasteiger partial charge in [0.05, 0.1) is 5.69 Å². The molecule has 1 aliphatic carbocycles. The summed E-state index contributed by atoms with van der Waals surface area (Å²) in [6.45, 7) is 2.67. The van der Waals surface area contributed by atoms with Gasteiger partial charge in [-0.1, -0.05) is 6.42 Å². The predicted molar refractivity (Wildman–Crippen MR) is 110 cm³/mol. The average Bonchev–Trinajstić information content (AvgIpc) is 3.20. The van der Waals surface area contributed by atoms with E-state index in [2.05, 4.69) is 10.3 Å². The molecule has 2 unspecified atom stereocenters. The Morgan fingerprint density at radius 2 is 2.04 bits per heavy atom. The smallest absolute Gasteiger partial charge is 0.263 e. The van der Waals surface area contributed by atoms with Crippen molar-refractivity contribution in [1.82, 2.24) is 10.3 Å². The van der Waals surface area contributed by atoms with E-state index in [0.717, 1.165) is 19.3 Å². The van der Waals surface area contributed by atoms with Gasteiger partial charge in [0, 0.05) is 6.04 Å². The zero-order chi connectivity index (χ0) is 17.8. The molecular formula is C18H24Cl2FN3O2S. The van der Waals surface area contributed by atoms with Crippen LogP contribution in [0.5, 0.6) is 5.75 Å². The van der Waals surface area contributed by atoms with E-state index in [1.54, 1.807) is 12.1 Å². The maximum atomic E-state index is 12.9. The lowest BCUT2D eigenvalue weighted by Crippen LogP contribution is -2.39. The van der Waals surface area contributed by atoms with Crippen molar-refractivity contribution in [3.05, 3.63) is 45.7 Å². The molecule has 9 heteroatoms. The normalized spacial score (nSPS) is 18.3. The Balaban J connectivity index is 0.00000182. The van der Waals surface area contributed by atoms with Crippen LogP contribution in [0.25, 0.3) is 0 Å². The molecule has 0 aliphatic heterocycles. The Morgan fingerprint density at radius 3 is 2.70 bits per heavy atom. The summed E-state index contributed by atoms with van der Waals surface area (Å²) in [4.78, 5) is 17.6. The van der Waals surface area contributed by atoms with Crippen molar-refractivity contribution in [1.29, 1.82) is 0 Å². The second-order valence-corrected chi connectivity index (χ2v) is 7.35. The molecule has 1 aromatic carbocycles. The Labute approximate surface area is 174 Å². The van der Waals surface area contributed by atoms with Gasteiger partial charge in [0.25, 0.3) is 5.91 Å². The van der Waals surface area contributed by atoms with Gasteiger partial charge >= 0.3 is 0 Å². The van der Waals surface area contributed by atoms with Crippen LogP contribution in [-0.4, -0.2) is 23.5 Å². The van der Waals surface area contributed by atoms with Crippen molar-refractivity contribution in [2.24, 2.45) is 11.7 Å². The highest BCUT2D eigenvalue weighted by Crippen LogP contribution is 2.26. The molecule has 1 fully saturated rings. The SMILES string of the molecule is Cc1nc(COc2ccc(F)cc2)sc1C(=O)NC1CCCC1CN.Cl.Cl. The second kappa shape index (κ2) is 10.8. The number of ether oxygens (including phenoxy) is 1. The van der Waals surface area contributed by atoms with Crippen LogP contribution in [0.3, 0.4) is 0 Å². The largest absolute Gasteiger partial charge is 0.486 e. The molecule has 2 atom stereocenters. The number of hydrogen-bond donors (Lipinski definition) is 2. The minimum Gasteiger partial charge on any atom is -0.486 e. The van der Waals surface area contributed by atoms with E-state index in [9.17, 15) is 9.18 Å². The van der Waals surface area contributed by atoms with E-state index in [1.807, 2.05) is 6.92 Å². The fourth-order valence-corrected chi connectivity index (χ4v) is 4.02. The first-order valence-electron chi connectivity index (χ1n) is 8.42. The van der Waals surface area contributed by atoms with E-state index in [0.29, 0.717) is 33.8 Å². The molecule has 1 heterocycles. The van der Waals surface area contributed by atoms with Crippen LogP contribution in [0.1, 0.15) is 39.6 Å². The lowest BCUT2D eigenvalue weighted by Gasteiger charge is -2.19. The molecule has 3 N–H and O–H groups in total. The summed E-state index contributed by atoms with van der Waals surface area (Å²) in [5.74, 6) is 0.530. The van der Waals surface area contributed by atoms with Gasteiger partial charge in [0.2, 0.25) is 0 Å². The lowest BCUT2D eigenvalue weighted by atomic mass is 10.0. The number of nitrogens with one attached hydrogen (secondary N) is 1. The van der Waals surface area contributed by atoms with Gasteiger partial charge in [-0.15, -0.1) is 36.2 Å². The second-order valence-electron chi connectivity index (χ2n) is 6.27. The molecule has 27 heavy (non-hydrogen) atoms. The summed E-state index contributed by atoms with van der Waals surface area (Å²) in [5, 5.41) is 3.82. The third-order valence-corrected chi connectivity index (χ3v) is 5.63. The number of nitrogens with zero attached hydrogens (tertiary/aromatic N) is 1. The van der Waals surface area contributed by atoms with Gasteiger partial charge in [-0.05, 0) is 56.5 Å².